The molecule has 2 heterocycles. The SMILES string of the molecule is CCCCOC(=O)c1cccc2c1OB(O)[C@@H](CC(=O)CC1CCC3CNCC3C1)C2. The predicted octanol–water partition coefficient (Wildman–Crippen LogP) is 3.41. The Hall–Kier alpha value is -1.86. The first-order valence-electron chi connectivity index (χ1n) is 11.9. The molecule has 0 aromatic heterocycles. The second kappa shape index (κ2) is 10.2. The van der Waals surface area contributed by atoms with Crippen molar-refractivity contribution in [1.82, 2.24) is 5.32 Å². The Balaban J connectivity index is 1.34. The first-order valence-corrected chi connectivity index (χ1v) is 11.9. The van der Waals surface area contributed by atoms with Crippen molar-refractivity contribution in [3.8, 4) is 5.75 Å². The molecule has 31 heavy (non-hydrogen) atoms. The number of carbonyl (C=O) groups is 2. The summed E-state index contributed by atoms with van der Waals surface area (Å²) in [4.78, 5) is 25.2. The van der Waals surface area contributed by atoms with E-state index in [4.69, 9.17) is 9.39 Å². The van der Waals surface area contributed by atoms with Crippen molar-refractivity contribution in [2.24, 2.45) is 17.8 Å². The molecular weight excluding hydrogens is 393 g/mol. The highest BCUT2D eigenvalue weighted by Crippen LogP contribution is 2.40. The number of esters is 1. The monoisotopic (exact) mass is 427 g/mol. The molecule has 1 saturated heterocycles. The van der Waals surface area contributed by atoms with Gasteiger partial charge in [-0.1, -0.05) is 25.5 Å². The summed E-state index contributed by atoms with van der Waals surface area (Å²) in [6.45, 7) is 4.63. The Labute approximate surface area is 185 Å². The van der Waals surface area contributed by atoms with Crippen LogP contribution in [-0.4, -0.2) is 43.6 Å². The molecule has 1 aliphatic carbocycles. The van der Waals surface area contributed by atoms with Crippen LogP contribution in [0.5, 0.6) is 5.75 Å². The molecule has 2 fully saturated rings. The number of benzene rings is 1. The van der Waals surface area contributed by atoms with Crippen molar-refractivity contribution in [2.75, 3.05) is 19.7 Å². The van der Waals surface area contributed by atoms with Crippen LogP contribution in [0.1, 0.15) is 67.8 Å². The van der Waals surface area contributed by atoms with E-state index in [1.165, 1.54) is 6.42 Å². The quantitative estimate of drug-likeness (QED) is 0.376. The molecule has 6 nitrogen and oxygen atoms in total. The molecule has 2 N–H and O–H groups in total. The van der Waals surface area contributed by atoms with E-state index in [1.807, 2.05) is 19.1 Å². The summed E-state index contributed by atoms with van der Waals surface area (Å²) in [5.41, 5.74) is 1.20. The van der Waals surface area contributed by atoms with Crippen molar-refractivity contribution in [3.05, 3.63) is 29.3 Å². The molecule has 4 rings (SSSR count). The van der Waals surface area contributed by atoms with E-state index in [0.29, 0.717) is 43.1 Å². The van der Waals surface area contributed by atoms with Gasteiger partial charge in [-0.15, -0.1) is 0 Å². The fourth-order valence-corrected chi connectivity index (χ4v) is 5.49. The molecule has 3 unspecified atom stereocenters. The lowest BCUT2D eigenvalue weighted by molar-refractivity contribution is -0.120. The van der Waals surface area contributed by atoms with Crippen molar-refractivity contribution >= 4 is 18.9 Å². The summed E-state index contributed by atoms with van der Waals surface area (Å²) in [6.07, 6.45) is 6.69. The van der Waals surface area contributed by atoms with Gasteiger partial charge in [0.15, 0.2) is 0 Å². The zero-order valence-corrected chi connectivity index (χ0v) is 18.5. The summed E-state index contributed by atoms with van der Waals surface area (Å²) in [5.74, 6) is 1.87. The van der Waals surface area contributed by atoms with Crippen LogP contribution in [0, 0.1) is 17.8 Å². The molecule has 3 aliphatic rings. The topological polar surface area (TPSA) is 84.9 Å². The number of hydrogen-bond acceptors (Lipinski definition) is 6. The van der Waals surface area contributed by atoms with Crippen LogP contribution in [0.4, 0.5) is 0 Å². The van der Waals surface area contributed by atoms with Gasteiger partial charge in [-0.25, -0.2) is 4.79 Å². The maximum Gasteiger partial charge on any atom is 0.526 e. The van der Waals surface area contributed by atoms with Crippen molar-refractivity contribution in [2.45, 2.75) is 64.1 Å². The Kier molecular flexibility index (Phi) is 7.33. The number of hydrogen-bond donors (Lipinski definition) is 2. The Morgan fingerprint density at radius 3 is 2.90 bits per heavy atom. The van der Waals surface area contributed by atoms with Crippen LogP contribution >= 0.6 is 0 Å². The summed E-state index contributed by atoms with van der Waals surface area (Å²) in [5, 5.41) is 14.1. The van der Waals surface area contributed by atoms with Gasteiger partial charge < -0.3 is 19.7 Å². The molecule has 1 aromatic carbocycles. The van der Waals surface area contributed by atoms with E-state index >= 15 is 0 Å². The molecule has 4 atom stereocenters. The number of rotatable bonds is 8. The van der Waals surface area contributed by atoms with Gasteiger partial charge in [0.05, 0.1) is 6.61 Å². The van der Waals surface area contributed by atoms with E-state index in [1.54, 1.807) is 6.07 Å². The van der Waals surface area contributed by atoms with Gasteiger partial charge in [-0.3, -0.25) is 4.79 Å². The van der Waals surface area contributed by atoms with Gasteiger partial charge in [0.1, 0.15) is 17.1 Å². The number of para-hydroxylation sites is 1. The van der Waals surface area contributed by atoms with Gasteiger partial charge in [0, 0.05) is 18.7 Å². The highest BCUT2D eigenvalue weighted by Gasteiger charge is 2.39. The molecule has 0 amide bonds. The smallest absolute Gasteiger partial charge is 0.526 e. The van der Waals surface area contributed by atoms with Gasteiger partial charge in [-0.2, -0.15) is 0 Å². The molecule has 168 valence electrons. The third kappa shape index (κ3) is 5.32. The van der Waals surface area contributed by atoms with Crippen LogP contribution in [0.25, 0.3) is 0 Å². The molecule has 2 aliphatic heterocycles. The van der Waals surface area contributed by atoms with Gasteiger partial charge in [0.25, 0.3) is 0 Å². The molecule has 1 saturated carbocycles. The highest BCUT2D eigenvalue weighted by molar-refractivity contribution is 6.47. The maximum atomic E-state index is 12.8. The zero-order chi connectivity index (χ0) is 21.8. The van der Waals surface area contributed by atoms with Crippen LogP contribution in [0.15, 0.2) is 18.2 Å². The average molecular weight is 427 g/mol. The van der Waals surface area contributed by atoms with Crippen LogP contribution in [0.3, 0.4) is 0 Å². The van der Waals surface area contributed by atoms with E-state index in [-0.39, 0.29) is 11.6 Å². The number of nitrogens with one attached hydrogen (secondary N) is 1. The fourth-order valence-electron chi connectivity index (χ4n) is 5.49. The second-order valence-electron chi connectivity index (χ2n) is 9.56. The molecule has 7 heteroatoms. The minimum absolute atomic E-state index is 0.209. The number of ether oxygens (including phenoxy) is 1. The first-order chi connectivity index (χ1) is 15.0. The minimum atomic E-state index is -1.09. The van der Waals surface area contributed by atoms with E-state index in [2.05, 4.69) is 5.32 Å². The molecule has 0 bridgehead atoms. The van der Waals surface area contributed by atoms with Crippen molar-refractivity contribution in [1.29, 1.82) is 0 Å². The Morgan fingerprint density at radius 2 is 2.06 bits per heavy atom. The fraction of sp³-hybridized carbons (Fsp3) is 0.667. The molecule has 0 radical (unpaired) electrons. The van der Waals surface area contributed by atoms with Crippen LogP contribution < -0.4 is 9.97 Å². The normalized spacial score (nSPS) is 27.2. The van der Waals surface area contributed by atoms with Crippen LogP contribution in [-0.2, 0) is 16.0 Å². The number of unbranched alkanes of at least 4 members (excludes halogenated alkanes) is 1. The summed E-state index contributed by atoms with van der Waals surface area (Å²) >= 11 is 0. The first kappa shape index (κ1) is 22.3. The van der Waals surface area contributed by atoms with E-state index in [0.717, 1.165) is 56.2 Å². The third-order valence-electron chi connectivity index (χ3n) is 7.24. The predicted molar refractivity (Wildman–Crippen MR) is 119 cm³/mol. The second-order valence-corrected chi connectivity index (χ2v) is 9.56. The maximum absolute atomic E-state index is 12.8. The Bertz CT molecular complexity index is 800. The lowest BCUT2D eigenvalue weighted by Gasteiger charge is -2.31. The largest absolute Gasteiger partial charge is 0.535 e. The number of Topliss-reactive ketones (excluding diaryl/α,β-unsaturated/α-hetero) is 1. The summed E-state index contributed by atoms with van der Waals surface area (Å²) in [7, 11) is -1.09. The van der Waals surface area contributed by atoms with Crippen molar-refractivity contribution < 1.29 is 24.0 Å². The number of fused-ring (bicyclic) bond motifs is 2. The van der Waals surface area contributed by atoms with Gasteiger partial charge in [-0.05, 0) is 74.6 Å². The lowest BCUT2D eigenvalue weighted by atomic mass is 9.63. The van der Waals surface area contributed by atoms with Gasteiger partial charge in [0.2, 0.25) is 0 Å². The third-order valence-corrected chi connectivity index (χ3v) is 7.24. The van der Waals surface area contributed by atoms with Crippen LogP contribution in [0.2, 0.25) is 5.82 Å². The van der Waals surface area contributed by atoms with E-state index < -0.39 is 13.1 Å². The molecule has 1 aromatic rings. The zero-order valence-electron chi connectivity index (χ0n) is 18.5. The van der Waals surface area contributed by atoms with Crippen molar-refractivity contribution in [3.63, 3.8) is 0 Å². The van der Waals surface area contributed by atoms with E-state index in [9.17, 15) is 14.6 Å². The van der Waals surface area contributed by atoms with Gasteiger partial charge >= 0.3 is 13.1 Å². The molecular formula is C24H34BNO5. The average Bonchev–Trinajstić information content (AvgIpc) is 3.22. The number of ketones is 1. The highest BCUT2D eigenvalue weighted by atomic mass is 16.5. The number of carbonyl (C=O) groups excluding carboxylic acids is 2. The minimum Gasteiger partial charge on any atom is -0.535 e. The summed E-state index contributed by atoms with van der Waals surface area (Å²) in [6, 6.07) is 5.37. The lowest BCUT2D eigenvalue weighted by Crippen LogP contribution is -2.36. The standard InChI is InChI=1S/C24H34BNO5/c1-2-3-9-30-24(28)22-6-4-5-17-12-20(25(29)31-23(17)22)13-21(27)11-16-7-8-18-14-26-15-19(18)10-16/h4-6,16,18-20,26,29H,2-3,7-15H2,1H3/t16?,18?,19?,20-/m1/s1. The summed E-state index contributed by atoms with van der Waals surface area (Å²) < 4.78 is 11.1. The Morgan fingerprint density at radius 1 is 1.23 bits per heavy atom. The molecule has 0 spiro atoms.